The summed E-state index contributed by atoms with van der Waals surface area (Å²) >= 11 is 0. The minimum Gasteiger partial charge on any atom is -0.496 e. The molecule has 0 atom stereocenters. The Kier molecular flexibility index (Phi) is 5.36. The third-order valence-corrected chi connectivity index (χ3v) is 2.86. The predicted octanol–water partition coefficient (Wildman–Crippen LogP) is 2.37. The zero-order valence-corrected chi connectivity index (χ0v) is 12.4. The molecule has 0 radical (unpaired) electrons. The van der Waals surface area contributed by atoms with E-state index in [0.717, 1.165) is 11.3 Å². The highest BCUT2D eigenvalue weighted by Crippen LogP contribution is 2.31. The Morgan fingerprint density at radius 3 is 2.47 bits per heavy atom. The van der Waals surface area contributed by atoms with Crippen molar-refractivity contribution < 1.29 is 14.3 Å². The van der Waals surface area contributed by atoms with Crippen molar-refractivity contribution in [1.82, 2.24) is 5.32 Å². The van der Waals surface area contributed by atoms with Crippen molar-refractivity contribution in [3.63, 3.8) is 0 Å². The van der Waals surface area contributed by atoms with Gasteiger partial charge in [0.25, 0.3) is 5.91 Å². The summed E-state index contributed by atoms with van der Waals surface area (Å²) in [6.07, 6.45) is 0. The highest BCUT2D eigenvalue weighted by molar-refractivity contribution is 5.94. The maximum Gasteiger partial charge on any atom is 0.251 e. The molecular formula is C15H23NO3. The van der Waals surface area contributed by atoms with Gasteiger partial charge in [0.2, 0.25) is 0 Å². The van der Waals surface area contributed by atoms with E-state index >= 15 is 0 Å². The third-order valence-electron chi connectivity index (χ3n) is 2.86. The second-order valence-electron chi connectivity index (χ2n) is 5.41. The molecule has 0 aliphatic heterocycles. The van der Waals surface area contributed by atoms with Gasteiger partial charge in [-0.3, -0.25) is 4.79 Å². The molecule has 19 heavy (non-hydrogen) atoms. The molecular weight excluding hydrogens is 242 g/mol. The van der Waals surface area contributed by atoms with Crippen LogP contribution in [-0.2, 0) is 10.2 Å². The fourth-order valence-corrected chi connectivity index (χ4v) is 1.80. The lowest BCUT2D eigenvalue weighted by Gasteiger charge is -2.22. The number of nitrogens with one attached hydrogen (secondary N) is 1. The molecule has 1 aromatic carbocycles. The second kappa shape index (κ2) is 6.57. The fraction of sp³-hybridized carbons (Fsp3) is 0.533. The van der Waals surface area contributed by atoms with Gasteiger partial charge in [-0.1, -0.05) is 20.8 Å². The first-order chi connectivity index (χ1) is 8.90. The van der Waals surface area contributed by atoms with Crippen LogP contribution in [0.4, 0.5) is 0 Å². The van der Waals surface area contributed by atoms with Gasteiger partial charge in [-0.2, -0.15) is 0 Å². The van der Waals surface area contributed by atoms with Gasteiger partial charge < -0.3 is 14.8 Å². The molecule has 0 bridgehead atoms. The predicted molar refractivity (Wildman–Crippen MR) is 75.9 cm³/mol. The lowest BCUT2D eigenvalue weighted by molar-refractivity contribution is 0.0937. The van der Waals surface area contributed by atoms with Gasteiger partial charge in [0, 0.05) is 24.8 Å². The van der Waals surface area contributed by atoms with E-state index in [0.29, 0.717) is 18.7 Å². The minimum atomic E-state index is -0.0924. The summed E-state index contributed by atoms with van der Waals surface area (Å²) < 4.78 is 10.3. The summed E-state index contributed by atoms with van der Waals surface area (Å²) in [6.45, 7) is 7.30. The molecule has 0 saturated heterocycles. The average Bonchev–Trinajstić information content (AvgIpc) is 2.37. The molecule has 1 amide bonds. The van der Waals surface area contributed by atoms with E-state index in [9.17, 15) is 4.79 Å². The summed E-state index contributed by atoms with van der Waals surface area (Å²) in [7, 11) is 3.25. The maximum atomic E-state index is 12.0. The first-order valence-electron chi connectivity index (χ1n) is 6.36. The van der Waals surface area contributed by atoms with E-state index in [1.807, 2.05) is 12.1 Å². The van der Waals surface area contributed by atoms with Gasteiger partial charge in [0.1, 0.15) is 5.75 Å². The Labute approximate surface area is 115 Å². The molecule has 0 saturated carbocycles. The van der Waals surface area contributed by atoms with E-state index in [4.69, 9.17) is 9.47 Å². The lowest BCUT2D eigenvalue weighted by atomic mass is 9.85. The van der Waals surface area contributed by atoms with Crippen molar-refractivity contribution in [3.8, 4) is 5.75 Å². The van der Waals surface area contributed by atoms with Gasteiger partial charge in [0.05, 0.1) is 13.7 Å². The number of ether oxygens (including phenoxy) is 2. The third kappa shape index (κ3) is 4.24. The molecule has 0 heterocycles. The zero-order chi connectivity index (χ0) is 14.5. The molecule has 1 N–H and O–H groups in total. The molecule has 1 rings (SSSR count). The standard InChI is InChI=1S/C15H23NO3/c1-15(2,3)12-10-11(6-7-13(12)19-5)14(17)16-8-9-18-4/h6-7,10H,8-9H2,1-5H3,(H,16,17). The minimum absolute atomic E-state index is 0.0752. The number of carbonyl (C=O) groups excluding carboxylic acids is 1. The Morgan fingerprint density at radius 1 is 1.26 bits per heavy atom. The van der Waals surface area contributed by atoms with Gasteiger partial charge in [-0.05, 0) is 23.6 Å². The highest BCUT2D eigenvalue weighted by atomic mass is 16.5. The molecule has 0 unspecified atom stereocenters. The van der Waals surface area contributed by atoms with Gasteiger partial charge in [-0.15, -0.1) is 0 Å². The molecule has 0 aliphatic rings. The van der Waals surface area contributed by atoms with Gasteiger partial charge in [-0.25, -0.2) is 0 Å². The molecule has 4 nitrogen and oxygen atoms in total. The van der Waals surface area contributed by atoms with Gasteiger partial charge in [0.15, 0.2) is 0 Å². The fourth-order valence-electron chi connectivity index (χ4n) is 1.80. The molecule has 106 valence electrons. The second-order valence-corrected chi connectivity index (χ2v) is 5.41. The molecule has 0 fully saturated rings. The first-order valence-corrected chi connectivity index (χ1v) is 6.36. The van der Waals surface area contributed by atoms with E-state index in [1.54, 1.807) is 20.3 Å². The van der Waals surface area contributed by atoms with Crippen molar-refractivity contribution in [3.05, 3.63) is 29.3 Å². The van der Waals surface area contributed by atoms with Crippen LogP contribution in [0.5, 0.6) is 5.75 Å². The summed E-state index contributed by atoms with van der Waals surface area (Å²) in [5.74, 6) is 0.714. The number of hydrogen-bond acceptors (Lipinski definition) is 3. The van der Waals surface area contributed by atoms with Crippen LogP contribution in [0.1, 0.15) is 36.7 Å². The topological polar surface area (TPSA) is 47.6 Å². The van der Waals surface area contributed by atoms with Crippen molar-refractivity contribution in [2.45, 2.75) is 26.2 Å². The molecule has 0 spiro atoms. The van der Waals surface area contributed by atoms with E-state index < -0.39 is 0 Å². The summed E-state index contributed by atoms with van der Waals surface area (Å²) in [4.78, 5) is 12.0. The number of amides is 1. The number of rotatable bonds is 5. The van der Waals surface area contributed by atoms with E-state index in [1.165, 1.54) is 0 Å². The Morgan fingerprint density at radius 2 is 1.95 bits per heavy atom. The Hall–Kier alpha value is -1.55. The SMILES string of the molecule is COCCNC(=O)c1ccc(OC)c(C(C)(C)C)c1. The number of hydrogen-bond donors (Lipinski definition) is 1. The van der Waals surface area contributed by atoms with Crippen LogP contribution in [0.2, 0.25) is 0 Å². The Balaban J connectivity index is 2.95. The van der Waals surface area contributed by atoms with E-state index in [2.05, 4.69) is 26.1 Å². The summed E-state index contributed by atoms with van der Waals surface area (Å²) in [5, 5.41) is 2.81. The van der Waals surface area contributed by atoms with Crippen LogP contribution in [0.3, 0.4) is 0 Å². The first kappa shape index (κ1) is 15.5. The van der Waals surface area contributed by atoms with Crippen molar-refractivity contribution >= 4 is 5.91 Å². The lowest BCUT2D eigenvalue weighted by Crippen LogP contribution is -2.27. The quantitative estimate of drug-likeness (QED) is 0.831. The van der Waals surface area contributed by atoms with Crippen molar-refractivity contribution in [2.24, 2.45) is 0 Å². The van der Waals surface area contributed by atoms with Gasteiger partial charge >= 0.3 is 0 Å². The zero-order valence-electron chi connectivity index (χ0n) is 12.4. The number of carbonyl (C=O) groups is 1. The van der Waals surface area contributed by atoms with Crippen LogP contribution < -0.4 is 10.1 Å². The van der Waals surface area contributed by atoms with Crippen LogP contribution in [-0.4, -0.2) is 33.3 Å². The normalized spacial score (nSPS) is 11.2. The molecule has 0 aliphatic carbocycles. The van der Waals surface area contributed by atoms with Crippen LogP contribution in [0.15, 0.2) is 18.2 Å². The number of methoxy groups -OCH3 is 2. The largest absolute Gasteiger partial charge is 0.496 e. The number of benzene rings is 1. The molecule has 4 heteroatoms. The summed E-state index contributed by atoms with van der Waals surface area (Å²) in [5.41, 5.74) is 1.59. The highest BCUT2D eigenvalue weighted by Gasteiger charge is 2.20. The van der Waals surface area contributed by atoms with Crippen molar-refractivity contribution in [2.75, 3.05) is 27.4 Å². The monoisotopic (exact) mass is 265 g/mol. The average molecular weight is 265 g/mol. The van der Waals surface area contributed by atoms with Crippen LogP contribution >= 0.6 is 0 Å². The smallest absolute Gasteiger partial charge is 0.251 e. The van der Waals surface area contributed by atoms with Crippen molar-refractivity contribution in [1.29, 1.82) is 0 Å². The van der Waals surface area contributed by atoms with E-state index in [-0.39, 0.29) is 11.3 Å². The molecule has 0 aromatic heterocycles. The summed E-state index contributed by atoms with van der Waals surface area (Å²) in [6, 6.07) is 5.50. The van der Waals surface area contributed by atoms with Crippen LogP contribution in [0.25, 0.3) is 0 Å². The Bertz CT molecular complexity index is 436. The van der Waals surface area contributed by atoms with Crippen LogP contribution in [0, 0.1) is 0 Å². The molecule has 1 aromatic rings. The maximum absolute atomic E-state index is 12.0.